The van der Waals surface area contributed by atoms with E-state index in [-0.39, 0.29) is 6.04 Å². The molecule has 2 aromatic carbocycles. The van der Waals surface area contributed by atoms with E-state index in [2.05, 4.69) is 27.9 Å². The van der Waals surface area contributed by atoms with Gasteiger partial charge in [0, 0.05) is 43.9 Å². The molecule has 1 atom stereocenters. The Morgan fingerprint density at radius 1 is 0.973 bits per heavy atom. The summed E-state index contributed by atoms with van der Waals surface area (Å²) in [4.78, 5) is 11.1. The van der Waals surface area contributed by atoms with Crippen molar-refractivity contribution in [2.75, 3.05) is 49.6 Å². The van der Waals surface area contributed by atoms with Gasteiger partial charge >= 0.3 is 0 Å². The molecular weight excluding hydrogens is 472 g/mol. The molecule has 2 aliphatic heterocycles. The van der Waals surface area contributed by atoms with E-state index in [1.807, 2.05) is 35.2 Å². The highest BCUT2D eigenvalue weighted by atomic mass is 19.1. The molecule has 0 N–H and O–H groups in total. The van der Waals surface area contributed by atoms with Crippen LogP contribution in [-0.2, 0) is 0 Å². The van der Waals surface area contributed by atoms with Crippen LogP contribution in [0.1, 0.15) is 30.0 Å². The van der Waals surface area contributed by atoms with E-state index in [1.54, 1.807) is 10.7 Å². The Morgan fingerprint density at radius 3 is 2.62 bits per heavy atom. The van der Waals surface area contributed by atoms with Crippen molar-refractivity contribution in [1.82, 2.24) is 19.5 Å². The number of hydrogen-bond donors (Lipinski definition) is 0. The molecule has 9 heteroatoms. The van der Waals surface area contributed by atoms with Gasteiger partial charge in [0.15, 0.2) is 5.65 Å². The molecule has 7 nitrogen and oxygen atoms in total. The molecule has 2 aromatic heterocycles. The Kier molecular flexibility index (Phi) is 5.97. The zero-order chi connectivity index (χ0) is 25.5. The first-order valence-electron chi connectivity index (χ1n) is 12.6. The van der Waals surface area contributed by atoms with E-state index in [9.17, 15) is 14.0 Å². The van der Waals surface area contributed by atoms with Crippen molar-refractivity contribution in [1.29, 1.82) is 5.26 Å². The van der Waals surface area contributed by atoms with Crippen LogP contribution in [0, 0.1) is 23.0 Å². The fourth-order valence-corrected chi connectivity index (χ4v) is 5.46. The topological polar surface area (TPSA) is 63.7 Å². The maximum Gasteiger partial charge on any atom is 0.154 e. The van der Waals surface area contributed by atoms with E-state index < -0.39 is 11.6 Å². The maximum absolute atomic E-state index is 14.6. The quantitative estimate of drug-likeness (QED) is 0.408. The molecule has 0 amide bonds. The molecule has 4 heterocycles. The first-order valence-corrected chi connectivity index (χ1v) is 12.6. The second kappa shape index (κ2) is 9.45. The van der Waals surface area contributed by atoms with Crippen molar-refractivity contribution in [3.8, 4) is 17.3 Å². The van der Waals surface area contributed by atoms with Crippen LogP contribution < -0.4 is 9.80 Å². The molecule has 37 heavy (non-hydrogen) atoms. The number of aromatic nitrogens is 3. The minimum atomic E-state index is -0.447. The highest BCUT2D eigenvalue weighted by Gasteiger charge is 2.30. The van der Waals surface area contributed by atoms with E-state index in [4.69, 9.17) is 5.10 Å². The van der Waals surface area contributed by atoms with Crippen molar-refractivity contribution in [2.45, 2.75) is 18.9 Å². The van der Waals surface area contributed by atoms with Crippen LogP contribution in [0.5, 0.6) is 0 Å². The Hall–Kier alpha value is -4.03. The summed E-state index contributed by atoms with van der Waals surface area (Å²) in [7, 11) is 2.11. The van der Waals surface area contributed by atoms with Gasteiger partial charge < -0.3 is 14.7 Å². The van der Waals surface area contributed by atoms with Crippen LogP contribution in [0.3, 0.4) is 0 Å². The number of imidazole rings is 1. The molecule has 2 fully saturated rings. The molecule has 2 aliphatic rings. The number of nitriles is 1. The van der Waals surface area contributed by atoms with Gasteiger partial charge in [0.25, 0.3) is 0 Å². The van der Waals surface area contributed by atoms with Gasteiger partial charge in [-0.2, -0.15) is 5.26 Å². The Morgan fingerprint density at radius 2 is 1.81 bits per heavy atom. The molecule has 6 rings (SSSR count). The molecule has 0 saturated carbocycles. The molecule has 0 bridgehead atoms. The summed E-state index contributed by atoms with van der Waals surface area (Å²) in [6, 6.07) is 15.3. The number of nitrogens with zero attached hydrogens (tertiary/aromatic N) is 7. The third-order valence-corrected chi connectivity index (χ3v) is 7.47. The molecule has 0 aliphatic carbocycles. The summed E-state index contributed by atoms with van der Waals surface area (Å²) in [5, 5.41) is 14.8. The number of anilines is 2. The third kappa shape index (κ3) is 4.27. The SMILES string of the molecule is CN1CCN(c2ccc(-c3cnc4ccc(N5CCCC5c5cc(F)ccc5F)nn34)cc2C#N)CC1. The molecule has 1 unspecified atom stereocenters. The highest BCUT2D eigenvalue weighted by Crippen LogP contribution is 2.37. The maximum atomic E-state index is 14.6. The lowest BCUT2D eigenvalue weighted by atomic mass is 10.0. The fraction of sp³-hybridized carbons (Fsp3) is 0.321. The number of benzene rings is 2. The summed E-state index contributed by atoms with van der Waals surface area (Å²) in [5.41, 5.74) is 4.20. The second-order valence-corrected chi connectivity index (χ2v) is 9.76. The average Bonchev–Trinajstić information content (AvgIpc) is 3.57. The molecule has 2 saturated heterocycles. The Bertz CT molecular complexity index is 1500. The predicted molar refractivity (Wildman–Crippen MR) is 139 cm³/mol. The molecule has 4 aromatic rings. The highest BCUT2D eigenvalue weighted by molar-refractivity contribution is 5.71. The monoisotopic (exact) mass is 499 g/mol. The molecule has 188 valence electrons. The van der Waals surface area contributed by atoms with Gasteiger partial charge in [-0.1, -0.05) is 6.07 Å². The standard InChI is InChI=1S/C28H27F2N7/c1-34-11-13-35(14-12-34)24-7-4-19(15-20(24)17-31)26-18-32-27-8-9-28(33-37(26)27)36-10-2-3-25(36)22-16-21(29)5-6-23(22)30/h4-9,15-16,18,25H,2-3,10-14H2,1H3. The van der Waals surface area contributed by atoms with Crippen LogP contribution in [0.2, 0.25) is 0 Å². The summed E-state index contributed by atoms with van der Waals surface area (Å²) in [5.74, 6) is -0.184. The summed E-state index contributed by atoms with van der Waals surface area (Å²) >= 11 is 0. The summed E-state index contributed by atoms with van der Waals surface area (Å²) in [6.45, 7) is 4.39. The number of halogens is 2. The third-order valence-electron chi connectivity index (χ3n) is 7.47. The number of rotatable bonds is 4. The van der Waals surface area contributed by atoms with Crippen LogP contribution in [0.15, 0.2) is 54.7 Å². The number of piperazine rings is 1. The van der Waals surface area contributed by atoms with E-state index in [0.717, 1.165) is 62.0 Å². The summed E-state index contributed by atoms with van der Waals surface area (Å²) in [6.07, 6.45) is 3.33. The predicted octanol–water partition coefficient (Wildman–Crippen LogP) is 4.64. The summed E-state index contributed by atoms with van der Waals surface area (Å²) < 4.78 is 30.3. The molecule has 0 radical (unpaired) electrons. The van der Waals surface area contributed by atoms with Crippen molar-refractivity contribution in [3.63, 3.8) is 0 Å². The molecule has 0 spiro atoms. The normalized spacial score (nSPS) is 18.5. The lowest BCUT2D eigenvalue weighted by Gasteiger charge is -2.34. The van der Waals surface area contributed by atoms with Gasteiger partial charge in [-0.25, -0.2) is 18.3 Å². The number of likely N-dealkylation sites (N-methyl/N-ethyl adjacent to an activating group) is 1. The van der Waals surface area contributed by atoms with Crippen molar-refractivity contribution < 1.29 is 8.78 Å². The Labute approximate surface area is 214 Å². The minimum absolute atomic E-state index is 0.291. The zero-order valence-electron chi connectivity index (χ0n) is 20.6. The van der Waals surface area contributed by atoms with Crippen LogP contribution in [-0.4, -0.2) is 59.3 Å². The minimum Gasteiger partial charge on any atom is -0.368 e. The van der Waals surface area contributed by atoms with Crippen LogP contribution in [0.25, 0.3) is 16.9 Å². The Balaban J connectivity index is 1.35. The van der Waals surface area contributed by atoms with E-state index in [1.165, 1.54) is 12.1 Å². The zero-order valence-corrected chi connectivity index (χ0v) is 20.6. The van der Waals surface area contributed by atoms with E-state index >= 15 is 0 Å². The van der Waals surface area contributed by atoms with Crippen molar-refractivity contribution in [2.24, 2.45) is 0 Å². The second-order valence-electron chi connectivity index (χ2n) is 9.76. The van der Waals surface area contributed by atoms with Gasteiger partial charge in [-0.05, 0) is 62.4 Å². The average molecular weight is 500 g/mol. The smallest absolute Gasteiger partial charge is 0.154 e. The first kappa shape index (κ1) is 23.4. The lowest BCUT2D eigenvalue weighted by molar-refractivity contribution is 0.313. The van der Waals surface area contributed by atoms with E-state index in [0.29, 0.717) is 29.1 Å². The van der Waals surface area contributed by atoms with Crippen LogP contribution in [0.4, 0.5) is 20.3 Å². The van der Waals surface area contributed by atoms with Gasteiger partial charge in [-0.15, -0.1) is 5.10 Å². The van der Waals surface area contributed by atoms with Crippen LogP contribution >= 0.6 is 0 Å². The number of fused-ring (bicyclic) bond motifs is 1. The largest absolute Gasteiger partial charge is 0.368 e. The van der Waals surface area contributed by atoms with Gasteiger partial charge in [-0.3, -0.25) is 0 Å². The number of hydrogen-bond acceptors (Lipinski definition) is 6. The lowest BCUT2D eigenvalue weighted by Crippen LogP contribution is -2.44. The van der Waals surface area contributed by atoms with Gasteiger partial charge in [0.2, 0.25) is 0 Å². The fourth-order valence-electron chi connectivity index (χ4n) is 5.46. The first-order chi connectivity index (χ1) is 18.0. The molecular formula is C28H27F2N7. The van der Waals surface area contributed by atoms with Gasteiger partial charge in [0.05, 0.1) is 29.2 Å². The van der Waals surface area contributed by atoms with Crippen molar-refractivity contribution in [3.05, 3.63) is 77.5 Å². The van der Waals surface area contributed by atoms with Crippen molar-refractivity contribution >= 4 is 17.2 Å². The van der Waals surface area contributed by atoms with Gasteiger partial charge in [0.1, 0.15) is 23.5 Å².